The maximum atomic E-state index is 13.0. The standard InChI is InChI=1S/C19H17FN2O4/c1-26-19(25)12-2-6-15(7-3-12)21-18(24)13-10-17(23)22(11-13)16-8-4-14(20)5-9-16/h2-9,13H,10-11H2,1H3,(H,21,24)/t13-/m0/s1. The molecule has 0 bridgehead atoms. The van der Waals surface area contributed by atoms with E-state index in [9.17, 15) is 18.8 Å². The largest absolute Gasteiger partial charge is 0.465 e. The highest BCUT2D eigenvalue weighted by atomic mass is 19.1. The number of hydrogen-bond donors (Lipinski definition) is 1. The van der Waals surface area contributed by atoms with Crippen LogP contribution in [0, 0.1) is 11.7 Å². The number of carbonyl (C=O) groups excluding carboxylic acids is 3. The molecule has 0 aromatic heterocycles. The van der Waals surface area contributed by atoms with Gasteiger partial charge in [0, 0.05) is 24.3 Å². The molecule has 26 heavy (non-hydrogen) atoms. The molecule has 0 aliphatic carbocycles. The molecule has 0 radical (unpaired) electrons. The van der Waals surface area contributed by atoms with Gasteiger partial charge in [-0.2, -0.15) is 0 Å². The van der Waals surface area contributed by atoms with Gasteiger partial charge in [-0.25, -0.2) is 9.18 Å². The lowest BCUT2D eigenvalue weighted by molar-refractivity contribution is -0.122. The topological polar surface area (TPSA) is 75.7 Å². The van der Waals surface area contributed by atoms with Crippen LogP contribution in [0.2, 0.25) is 0 Å². The molecule has 134 valence electrons. The second kappa shape index (κ2) is 7.35. The highest BCUT2D eigenvalue weighted by Gasteiger charge is 2.35. The van der Waals surface area contributed by atoms with Gasteiger partial charge in [0.15, 0.2) is 0 Å². The third-order valence-corrected chi connectivity index (χ3v) is 4.21. The Labute approximate surface area is 149 Å². The summed E-state index contributed by atoms with van der Waals surface area (Å²) in [4.78, 5) is 37.5. The number of rotatable bonds is 4. The van der Waals surface area contributed by atoms with E-state index in [1.54, 1.807) is 24.3 Å². The summed E-state index contributed by atoms with van der Waals surface area (Å²) in [5.41, 5.74) is 1.47. The van der Waals surface area contributed by atoms with Gasteiger partial charge in [0.2, 0.25) is 11.8 Å². The third-order valence-electron chi connectivity index (χ3n) is 4.21. The van der Waals surface area contributed by atoms with E-state index < -0.39 is 11.9 Å². The summed E-state index contributed by atoms with van der Waals surface area (Å²) in [7, 11) is 1.29. The van der Waals surface area contributed by atoms with Gasteiger partial charge < -0.3 is 15.0 Å². The predicted molar refractivity (Wildman–Crippen MR) is 93.3 cm³/mol. The zero-order chi connectivity index (χ0) is 18.7. The van der Waals surface area contributed by atoms with E-state index in [0.717, 1.165) is 0 Å². The minimum atomic E-state index is -0.507. The lowest BCUT2D eigenvalue weighted by atomic mass is 10.1. The second-order valence-electron chi connectivity index (χ2n) is 5.94. The molecule has 1 N–H and O–H groups in total. The smallest absolute Gasteiger partial charge is 0.337 e. The number of nitrogens with one attached hydrogen (secondary N) is 1. The number of amides is 2. The Morgan fingerprint density at radius 2 is 1.77 bits per heavy atom. The SMILES string of the molecule is COC(=O)c1ccc(NC(=O)[C@H]2CC(=O)N(c3ccc(F)cc3)C2)cc1. The van der Waals surface area contributed by atoms with Crippen molar-refractivity contribution in [2.75, 3.05) is 23.9 Å². The van der Waals surface area contributed by atoms with E-state index in [0.29, 0.717) is 16.9 Å². The van der Waals surface area contributed by atoms with Crippen molar-refractivity contribution >= 4 is 29.2 Å². The van der Waals surface area contributed by atoms with Crippen LogP contribution in [-0.4, -0.2) is 31.4 Å². The monoisotopic (exact) mass is 356 g/mol. The molecule has 1 heterocycles. The van der Waals surface area contributed by atoms with E-state index in [-0.39, 0.29) is 30.6 Å². The highest BCUT2D eigenvalue weighted by Crippen LogP contribution is 2.26. The first kappa shape index (κ1) is 17.6. The first-order chi connectivity index (χ1) is 12.5. The summed E-state index contributed by atoms with van der Waals surface area (Å²) >= 11 is 0. The van der Waals surface area contributed by atoms with Gasteiger partial charge in [0.25, 0.3) is 0 Å². The van der Waals surface area contributed by atoms with Crippen LogP contribution in [0.25, 0.3) is 0 Å². The molecule has 7 heteroatoms. The Morgan fingerprint density at radius 1 is 1.12 bits per heavy atom. The van der Waals surface area contributed by atoms with E-state index in [4.69, 9.17) is 0 Å². The number of benzene rings is 2. The number of halogens is 1. The number of esters is 1. The zero-order valence-corrected chi connectivity index (χ0v) is 14.1. The molecule has 0 unspecified atom stereocenters. The van der Waals surface area contributed by atoms with E-state index in [1.807, 2.05) is 0 Å². The highest BCUT2D eigenvalue weighted by molar-refractivity contribution is 6.03. The Hall–Kier alpha value is -3.22. The summed E-state index contributed by atoms with van der Waals surface area (Å²) in [5.74, 6) is -1.82. The Bertz CT molecular complexity index is 834. The fraction of sp³-hybridized carbons (Fsp3) is 0.211. The molecule has 1 aliphatic rings. The number of hydrogen-bond acceptors (Lipinski definition) is 4. The summed E-state index contributed by atoms with van der Waals surface area (Å²) < 4.78 is 17.6. The molecule has 6 nitrogen and oxygen atoms in total. The first-order valence-electron chi connectivity index (χ1n) is 8.03. The van der Waals surface area contributed by atoms with Crippen LogP contribution >= 0.6 is 0 Å². The average Bonchev–Trinajstić information content (AvgIpc) is 3.04. The molecule has 1 aliphatic heterocycles. The number of carbonyl (C=O) groups is 3. The number of ether oxygens (including phenoxy) is 1. The van der Waals surface area contributed by atoms with Gasteiger partial charge in [-0.15, -0.1) is 0 Å². The summed E-state index contributed by atoms with van der Waals surface area (Å²) in [6.07, 6.45) is 0.0868. The zero-order valence-electron chi connectivity index (χ0n) is 14.1. The third kappa shape index (κ3) is 3.72. The molecule has 2 amide bonds. The van der Waals surface area contributed by atoms with Crippen molar-refractivity contribution in [3.8, 4) is 0 Å². The van der Waals surface area contributed by atoms with Crippen molar-refractivity contribution in [3.05, 3.63) is 59.9 Å². The number of nitrogens with zero attached hydrogens (tertiary/aromatic N) is 1. The molecule has 1 saturated heterocycles. The van der Waals surface area contributed by atoms with Gasteiger partial charge in [-0.05, 0) is 48.5 Å². The van der Waals surface area contributed by atoms with Crippen LogP contribution in [0.1, 0.15) is 16.8 Å². The maximum Gasteiger partial charge on any atom is 0.337 e. The molecule has 2 aromatic carbocycles. The van der Waals surface area contributed by atoms with Crippen molar-refractivity contribution in [1.82, 2.24) is 0 Å². The lowest BCUT2D eigenvalue weighted by Crippen LogP contribution is -2.28. The predicted octanol–water partition coefficient (Wildman–Crippen LogP) is 2.60. The van der Waals surface area contributed by atoms with Gasteiger partial charge in [0.1, 0.15) is 5.82 Å². The van der Waals surface area contributed by atoms with Gasteiger partial charge in [-0.3, -0.25) is 9.59 Å². The van der Waals surface area contributed by atoms with E-state index in [1.165, 1.54) is 36.3 Å². The first-order valence-corrected chi connectivity index (χ1v) is 8.03. The number of anilines is 2. The van der Waals surface area contributed by atoms with Crippen LogP contribution in [0.5, 0.6) is 0 Å². The summed E-state index contributed by atoms with van der Waals surface area (Å²) in [6.45, 7) is 0.233. The van der Waals surface area contributed by atoms with Crippen LogP contribution in [0.15, 0.2) is 48.5 Å². The van der Waals surface area contributed by atoms with Crippen molar-refractivity contribution in [3.63, 3.8) is 0 Å². The second-order valence-corrected chi connectivity index (χ2v) is 5.94. The molecule has 1 fully saturated rings. The lowest BCUT2D eigenvalue weighted by Gasteiger charge is -2.16. The molecule has 2 aromatic rings. The molecular formula is C19H17FN2O4. The van der Waals surface area contributed by atoms with E-state index >= 15 is 0 Å². The van der Waals surface area contributed by atoms with E-state index in [2.05, 4.69) is 10.1 Å². The molecule has 0 spiro atoms. The van der Waals surface area contributed by atoms with Gasteiger partial charge in [-0.1, -0.05) is 0 Å². The van der Waals surface area contributed by atoms with Crippen molar-refractivity contribution in [2.45, 2.75) is 6.42 Å². The maximum absolute atomic E-state index is 13.0. The van der Waals surface area contributed by atoms with Crippen molar-refractivity contribution < 1.29 is 23.5 Å². The average molecular weight is 356 g/mol. The van der Waals surface area contributed by atoms with Gasteiger partial charge in [0.05, 0.1) is 18.6 Å². The van der Waals surface area contributed by atoms with Crippen LogP contribution in [0.3, 0.4) is 0 Å². The van der Waals surface area contributed by atoms with Crippen LogP contribution < -0.4 is 10.2 Å². The minimum Gasteiger partial charge on any atom is -0.465 e. The Kier molecular flexibility index (Phi) is 4.97. The fourth-order valence-electron chi connectivity index (χ4n) is 2.81. The minimum absolute atomic E-state index is 0.0868. The Morgan fingerprint density at radius 3 is 2.38 bits per heavy atom. The normalized spacial score (nSPS) is 16.5. The van der Waals surface area contributed by atoms with Crippen molar-refractivity contribution in [2.24, 2.45) is 5.92 Å². The molecule has 0 saturated carbocycles. The van der Waals surface area contributed by atoms with Crippen LogP contribution in [0.4, 0.5) is 15.8 Å². The summed E-state index contributed by atoms with van der Waals surface area (Å²) in [6, 6.07) is 11.9. The van der Waals surface area contributed by atoms with Crippen molar-refractivity contribution in [1.29, 1.82) is 0 Å². The molecular weight excluding hydrogens is 339 g/mol. The fourth-order valence-corrected chi connectivity index (χ4v) is 2.81. The molecule has 3 rings (SSSR count). The van der Waals surface area contributed by atoms with Crippen LogP contribution in [-0.2, 0) is 14.3 Å². The van der Waals surface area contributed by atoms with Gasteiger partial charge >= 0.3 is 5.97 Å². The summed E-state index contributed by atoms with van der Waals surface area (Å²) in [5, 5.41) is 2.74. The quantitative estimate of drug-likeness (QED) is 0.855. The molecule has 1 atom stereocenters. The Balaban J connectivity index is 1.64. The number of methoxy groups -OCH3 is 1.